The Bertz CT molecular complexity index is 1110. The van der Waals surface area contributed by atoms with Gasteiger partial charge in [0.15, 0.2) is 0 Å². The van der Waals surface area contributed by atoms with Crippen molar-refractivity contribution in [3.8, 4) is 5.82 Å². The number of rotatable bonds is 7. The molecule has 1 saturated heterocycles. The number of hydrogen-bond acceptors (Lipinski definition) is 7. The molecule has 3 N–H and O–H groups in total. The van der Waals surface area contributed by atoms with Crippen LogP contribution < -0.4 is 10.6 Å². The Labute approximate surface area is 195 Å². The summed E-state index contributed by atoms with van der Waals surface area (Å²) in [7, 11) is 0. The van der Waals surface area contributed by atoms with Crippen molar-refractivity contribution in [3.05, 3.63) is 64.6 Å². The second kappa shape index (κ2) is 10.2. The van der Waals surface area contributed by atoms with E-state index in [1.165, 1.54) is 24.7 Å². The molecule has 0 spiro atoms. The smallest absolute Gasteiger partial charge is 0.272 e. The molecule has 0 bridgehead atoms. The van der Waals surface area contributed by atoms with Gasteiger partial charge >= 0.3 is 0 Å². The lowest BCUT2D eigenvalue weighted by Crippen LogP contribution is -2.31. The molecule has 1 aliphatic heterocycles. The molecular weight excluding hydrogens is 451 g/mol. The first-order valence-corrected chi connectivity index (χ1v) is 10.9. The van der Waals surface area contributed by atoms with Crippen molar-refractivity contribution in [1.82, 2.24) is 24.8 Å². The van der Waals surface area contributed by atoms with Crippen molar-refractivity contribution in [3.63, 3.8) is 0 Å². The van der Waals surface area contributed by atoms with Gasteiger partial charge in [-0.2, -0.15) is 4.98 Å². The summed E-state index contributed by atoms with van der Waals surface area (Å²) in [6, 6.07) is 3.25. The zero-order valence-electron chi connectivity index (χ0n) is 18.0. The molecule has 3 heterocycles. The number of benzene rings is 1. The summed E-state index contributed by atoms with van der Waals surface area (Å²) in [4.78, 5) is 25.8. The van der Waals surface area contributed by atoms with Gasteiger partial charge in [-0.25, -0.2) is 14.4 Å². The maximum Gasteiger partial charge on any atom is 0.272 e. The molecule has 174 valence electrons. The highest BCUT2D eigenvalue weighted by Gasteiger charge is 2.20. The predicted molar refractivity (Wildman–Crippen MR) is 120 cm³/mol. The molecule has 0 radical (unpaired) electrons. The molecule has 33 heavy (non-hydrogen) atoms. The summed E-state index contributed by atoms with van der Waals surface area (Å²) in [5, 5.41) is 15.9. The Morgan fingerprint density at radius 2 is 2.12 bits per heavy atom. The number of halogens is 2. The summed E-state index contributed by atoms with van der Waals surface area (Å²) in [5.41, 5.74) is 1.28. The number of nitrogens with zero attached hydrogens (tertiary/aromatic N) is 4. The highest BCUT2D eigenvalue weighted by atomic mass is 35.5. The number of nitrogens with one attached hydrogen (secondary N) is 2. The maximum absolute atomic E-state index is 13.7. The SMILES string of the molecule is Cc1cnc(NC2CCOCC2)nc1-n1cnc(C(=O)N[C@H](CO)c2cc(F)cc(Cl)c2)c1. The lowest BCUT2D eigenvalue weighted by atomic mass is 10.1. The summed E-state index contributed by atoms with van der Waals surface area (Å²) in [6.45, 7) is 2.83. The molecule has 1 amide bonds. The summed E-state index contributed by atoms with van der Waals surface area (Å²) in [5.74, 6) is -0.00779. The Hall–Kier alpha value is -3.08. The third-order valence-corrected chi connectivity index (χ3v) is 5.55. The monoisotopic (exact) mass is 474 g/mol. The van der Waals surface area contributed by atoms with Crippen molar-refractivity contribution in [2.75, 3.05) is 25.1 Å². The van der Waals surface area contributed by atoms with Gasteiger partial charge in [-0.15, -0.1) is 0 Å². The van der Waals surface area contributed by atoms with E-state index in [0.717, 1.165) is 24.5 Å². The van der Waals surface area contributed by atoms with Crippen LogP contribution in [0.1, 0.15) is 40.5 Å². The molecular formula is C22H24ClFN6O3. The summed E-state index contributed by atoms with van der Waals surface area (Å²) in [6.07, 6.45) is 6.49. The van der Waals surface area contributed by atoms with Crippen LogP contribution in [0, 0.1) is 12.7 Å². The van der Waals surface area contributed by atoms with Gasteiger partial charge in [-0.05, 0) is 43.5 Å². The summed E-state index contributed by atoms with van der Waals surface area (Å²) < 4.78 is 20.7. The van der Waals surface area contributed by atoms with Gasteiger partial charge < -0.3 is 20.5 Å². The lowest BCUT2D eigenvalue weighted by molar-refractivity contribution is 0.0902. The van der Waals surface area contributed by atoms with E-state index in [9.17, 15) is 14.3 Å². The van der Waals surface area contributed by atoms with Gasteiger partial charge in [0.25, 0.3) is 5.91 Å². The first-order chi connectivity index (χ1) is 15.9. The zero-order valence-corrected chi connectivity index (χ0v) is 18.7. The van der Waals surface area contributed by atoms with Gasteiger partial charge in [0.1, 0.15) is 23.7 Å². The van der Waals surface area contributed by atoms with E-state index in [1.54, 1.807) is 10.8 Å². The van der Waals surface area contributed by atoms with Gasteiger partial charge in [-0.3, -0.25) is 9.36 Å². The highest BCUT2D eigenvalue weighted by Crippen LogP contribution is 2.21. The van der Waals surface area contributed by atoms with Crippen LogP contribution in [0.5, 0.6) is 0 Å². The molecule has 0 aliphatic carbocycles. The summed E-state index contributed by atoms with van der Waals surface area (Å²) >= 11 is 5.89. The first kappa shape index (κ1) is 23.1. The number of aliphatic hydroxyl groups excluding tert-OH is 1. The van der Waals surface area contributed by atoms with Crippen LogP contribution >= 0.6 is 11.6 Å². The third kappa shape index (κ3) is 5.65. The van der Waals surface area contributed by atoms with Gasteiger partial charge in [-0.1, -0.05) is 11.6 Å². The predicted octanol–water partition coefficient (Wildman–Crippen LogP) is 2.82. The number of aromatic nitrogens is 4. The Balaban J connectivity index is 1.49. The Morgan fingerprint density at radius 1 is 1.33 bits per heavy atom. The Kier molecular flexibility index (Phi) is 7.17. The average molecular weight is 475 g/mol. The van der Waals surface area contributed by atoms with Gasteiger partial charge in [0.05, 0.1) is 12.6 Å². The third-order valence-electron chi connectivity index (χ3n) is 5.33. The fourth-order valence-electron chi connectivity index (χ4n) is 3.59. The minimum Gasteiger partial charge on any atom is -0.394 e. The standard InChI is InChI=1S/C22H24ClFN6O3/c1-13-9-25-22(27-17-2-4-33-5-3-17)29-20(13)30-10-18(26-12-30)21(32)28-19(11-31)14-6-15(23)8-16(24)7-14/h6-10,12,17,19,31H,2-5,11H2,1H3,(H,28,32)(H,25,27,29)/t19-/m1/s1. The average Bonchev–Trinajstić information content (AvgIpc) is 3.29. The number of anilines is 1. The van der Waals surface area contributed by atoms with E-state index in [-0.39, 0.29) is 16.8 Å². The molecule has 0 unspecified atom stereocenters. The van der Waals surface area contributed by atoms with Crippen LogP contribution in [0.15, 0.2) is 36.9 Å². The number of hydrogen-bond donors (Lipinski definition) is 3. The van der Waals surface area contributed by atoms with Crippen molar-refractivity contribution in [2.45, 2.75) is 31.8 Å². The van der Waals surface area contributed by atoms with Crippen molar-refractivity contribution >= 4 is 23.5 Å². The molecule has 1 fully saturated rings. The van der Waals surface area contributed by atoms with E-state index in [1.807, 2.05) is 6.92 Å². The largest absolute Gasteiger partial charge is 0.394 e. The quantitative estimate of drug-likeness (QED) is 0.482. The molecule has 1 aromatic carbocycles. The Morgan fingerprint density at radius 3 is 2.85 bits per heavy atom. The normalized spacial score (nSPS) is 15.3. The van der Waals surface area contributed by atoms with Crippen LogP contribution in [-0.2, 0) is 4.74 Å². The van der Waals surface area contributed by atoms with Crippen molar-refractivity contribution < 1.29 is 19.0 Å². The molecule has 0 saturated carbocycles. The van der Waals surface area contributed by atoms with Crippen LogP contribution in [0.3, 0.4) is 0 Å². The number of imidazole rings is 1. The van der Waals surface area contributed by atoms with Crippen LogP contribution in [0.4, 0.5) is 10.3 Å². The number of aliphatic hydroxyl groups is 1. The number of amides is 1. The van der Waals surface area contributed by atoms with E-state index >= 15 is 0 Å². The minimum atomic E-state index is -0.841. The fourth-order valence-corrected chi connectivity index (χ4v) is 3.82. The van der Waals surface area contributed by atoms with E-state index < -0.39 is 24.4 Å². The maximum atomic E-state index is 13.7. The second-order valence-corrected chi connectivity index (χ2v) is 8.25. The topological polar surface area (TPSA) is 114 Å². The van der Waals surface area contributed by atoms with E-state index in [0.29, 0.717) is 30.5 Å². The molecule has 9 nitrogen and oxygen atoms in total. The molecule has 2 aromatic heterocycles. The van der Waals surface area contributed by atoms with Crippen LogP contribution in [-0.4, -0.2) is 56.4 Å². The second-order valence-electron chi connectivity index (χ2n) is 7.81. The van der Waals surface area contributed by atoms with Gasteiger partial charge in [0.2, 0.25) is 5.95 Å². The first-order valence-electron chi connectivity index (χ1n) is 10.5. The van der Waals surface area contributed by atoms with E-state index in [4.69, 9.17) is 16.3 Å². The van der Waals surface area contributed by atoms with Crippen LogP contribution in [0.25, 0.3) is 5.82 Å². The molecule has 1 aliphatic rings. The number of ether oxygens (including phenoxy) is 1. The highest BCUT2D eigenvalue weighted by molar-refractivity contribution is 6.30. The molecule has 4 rings (SSSR count). The van der Waals surface area contributed by atoms with Gasteiger partial charge in [0, 0.05) is 42.2 Å². The zero-order chi connectivity index (χ0) is 23.4. The van der Waals surface area contributed by atoms with E-state index in [2.05, 4.69) is 25.6 Å². The molecule has 11 heteroatoms. The number of carbonyl (C=O) groups is 1. The fraction of sp³-hybridized carbons (Fsp3) is 0.364. The lowest BCUT2D eigenvalue weighted by Gasteiger charge is -2.23. The van der Waals surface area contributed by atoms with Crippen molar-refractivity contribution in [2.24, 2.45) is 0 Å². The number of aryl methyl sites for hydroxylation is 1. The van der Waals surface area contributed by atoms with Crippen LogP contribution in [0.2, 0.25) is 5.02 Å². The number of carbonyl (C=O) groups excluding carboxylic acids is 1. The van der Waals surface area contributed by atoms with Crippen molar-refractivity contribution in [1.29, 1.82) is 0 Å². The minimum absolute atomic E-state index is 0.118. The molecule has 1 atom stereocenters. The molecule has 3 aromatic rings.